The summed E-state index contributed by atoms with van der Waals surface area (Å²) in [7, 11) is 0. The Labute approximate surface area is 123 Å². The summed E-state index contributed by atoms with van der Waals surface area (Å²) in [6.07, 6.45) is -0.700. The summed E-state index contributed by atoms with van der Waals surface area (Å²) >= 11 is 6.05. The van der Waals surface area contributed by atoms with E-state index < -0.39 is 6.10 Å². The molecule has 0 amide bonds. The summed E-state index contributed by atoms with van der Waals surface area (Å²) in [5.41, 5.74) is 3.15. The van der Waals surface area contributed by atoms with E-state index >= 15 is 0 Å². The highest BCUT2D eigenvalue weighted by atomic mass is 35.5. The van der Waals surface area contributed by atoms with Crippen molar-refractivity contribution < 1.29 is 5.11 Å². The van der Waals surface area contributed by atoms with Crippen LogP contribution >= 0.6 is 11.6 Å². The third-order valence-electron chi connectivity index (χ3n) is 3.12. The summed E-state index contributed by atoms with van der Waals surface area (Å²) in [5, 5.41) is 22.8. The normalized spacial score (nSPS) is 11.7. The first kappa shape index (κ1) is 14.4. The number of nitrogens with zero attached hydrogens (tertiary/aromatic N) is 1. The molecule has 20 heavy (non-hydrogen) atoms. The molecule has 0 aliphatic heterocycles. The zero-order chi connectivity index (χ0) is 14.5. The van der Waals surface area contributed by atoms with Gasteiger partial charge in [-0.15, -0.1) is 0 Å². The molecule has 0 bridgehead atoms. The fraction of sp³-hybridized carbons (Fsp3) is 0.188. The van der Waals surface area contributed by atoms with Crippen LogP contribution < -0.4 is 5.32 Å². The van der Waals surface area contributed by atoms with E-state index in [9.17, 15) is 5.11 Å². The topological polar surface area (TPSA) is 56.0 Å². The van der Waals surface area contributed by atoms with Crippen molar-refractivity contribution in [3.8, 4) is 6.07 Å². The van der Waals surface area contributed by atoms with Crippen LogP contribution in [0.1, 0.15) is 22.8 Å². The Balaban J connectivity index is 2.09. The molecule has 0 saturated carbocycles. The molecule has 102 valence electrons. The maximum atomic E-state index is 10.2. The zero-order valence-electron chi connectivity index (χ0n) is 11.1. The number of rotatable bonds is 4. The van der Waals surface area contributed by atoms with E-state index in [2.05, 4.69) is 11.4 Å². The maximum Gasteiger partial charge on any atom is 0.0992 e. The molecular weight excluding hydrogens is 272 g/mol. The van der Waals surface area contributed by atoms with Crippen LogP contribution in [-0.2, 0) is 0 Å². The zero-order valence-corrected chi connectivity index (χ0v) is 11.9. The van der Waals surface area contributed by atoms with Crippen molar-refractivity contribution in [1.29, 1.82) is 5.26 Å². The maximum absolute atomic E-state index is 10.2. The van der Waals surface area contributed by atoms with Crippen LogP contribution in [-0.4, -0.2) is 11.7 Å². The van der Waals surface area contributed by atoms with Gasteiger partial charge in [-0.3, -0.25) is 0 Å². The number of nitrogens with one attached hydrogen (secondary N) is 1. The highest BCUT2D eigenvalue weighted by Gasteiger charge is 2.11. The number of halogens is 1. The van der Waals surface area contributed by atoms with Gasteiger partial charge in [-0.25, -0.2) is 0 Å². The van der Waals surface area contributed by atoms with E-state index in [1.165, 1.54) is 0 Å². The fourth-order valence-electron chi connectivity index (χ4n) is 1.94. The molecule has 1 atom stereocenters. The van der Waals surface area contributed by atoms with Gasteiger partial charge in [-0.1, -0.05) is 35.9 Å². The van der Waals surface area contributed by atoms with Gasteiger partial charge in [0, 0.05) is 22.8 Å². The van der Waals surface area contributed by atoms with E-state index in [1.54, 1.807) is 24.3 Å². The lowest BCUT2D eigenvalue weighted by Crippen LogP contribution is -2.13. The van der Waals surface area contributed by atoms with Crippen molar-refractivity contribution >= 4 is 17.3 Å². The predicted octanol–water partition coefficient (Wildman–Crippen LogP) is 3.67. The number of hydrogen-bond donors (Lipinski definition) is 2. The second-order valence-electron chi connectivity index (χ2n) is 4.56. The van der Waals surface area contributed by atoms with Crippen molar-refractivity contribution in [2.24, 2.45) is 0 Å². The lowest BCUT2D eigenvalue weighted by Gasteiger charge is -2.16. The molecule has 0 aliphatic rings. The van der Waals surface area contributed by atoms with Gasteiger partial charge < -0.3 is 10.4 Å². The third kappa shape index (κ3) is 3.30. The van der Waals surface area contributed by atoms with Crippen LogP contribution in [0, 0.1) is 18.3 Å². The van der Waals surface area contributed by atoms with Gasteiger partial charge in [0.05, 0.1) is 17.7 Å². The molecule has 0 fully saturated rings. The van der Waals surface area contributed by atoms with Crippen LogP contribution in [0.25, 0.3) is 0 Å². The summed E-state index contributed by atoms with van der Waals surface area (Å²) in [4.78, 5) is 0. The van der Waals surface area contributed by atoms with Crippen LogP contribution in [0.2, 0.25) is 5.02 Å². The Morgan fingerprint density at radius 3 is 2.75 bits per heavy atom. The highest BCUT2D eigenvalue weighted by molar-refractivity contribution is 6.31. The number of hydrogen-bond acceptors (Lipinski definition) is 3. The van der Waals surface area contributed by atoms with Gasteiger partial charge in [0.1, 0.15) is 0 Å². The molecule has 2 rings (SSSR count). The Morgan fingerprint density at radius 2 is 2.05 bits per heavy atom. The predicted molar refractivity (Wildman–Crippen MR) is 80.8 cm³/mol. The molecule has 4 heteroatoms. The van der Waals surface area contributed by atoms with Crippen LogP contribution in [0.15, 0.2) is 42.5 Å². The van der Waals surface area contributed by atoms with Crippen LogP contribution in [0.4, 0.5) is 5.69 Å². The summed E-state index contributed by atoms with van der Waals surface area (Å²) < 4.78 is 0. The number of aliphatic hydroxyl groups is 1. The minimum absolute atomic E-state index is 0.333. The number of aryl methyl sites for hydroxylation is 1. The second-order valence-corrected chi connectivity index (χ2v) is 4.97. The first-order chi connectivity index (χ1) is 9.61. The SMILES string of the molecule is Cc1ccc(C#N)cc1NCC(O)c1ccccc1Cl. The van der Waals surface area contributed by atoms with Gasteiger partial charge in [0.15, 0.2) is 0 Å². The smallest absolute Gasteiger partial charge is 0.0992 e. The van der Waals surface area contributed by atoms with Gasteiger partial charge in [-0.2, -0.15) is 5.26 Å². The van der Waals surface area contributed by atoms with E-state index in [0.29, 0.717) is 22.7 Å². The molecule has 3 nitrogen and oxygen atoms in total. The van der Waals surface area contributed by atoms with Crippen molar-refractivity contribution in [2.75, 3.05) is 11.9 Å². The molecule has 0 radical (unpaired) electrons. The molecule has 0 aliphatic carbocycles. The summed E-state index contributed by atoms with van der Waals surface area (Å²) in [6.45, 7) is 2.28. The van der Waals surface area contributed by atoms with Gasteiger partial charge in [0.25, 0.3) is 0 Å². The highest BCUT2D eigenvalue weighted by Crippen LogP contribution is 2.24. The van der Waals surface area contributed by atoms with E-state index in [-0.39, 0.29) is 0 Å². The summed E-state index contributed by atoms with van der Waals surface area (Å²) in [6, 6.07) is 14.7. The third-order valence-corrected chi connectivity index (χ3v) is 3.46. The van der Waals surface area contributed by atoms with Crippen LogP contribution in [0.3, 0.4) is 0 Å². The fourth-order valence-corrected chi connectivity index (χ4v) is 2.21. The van der Waals surface area contributed by atoms with Crippen LogP contribution in [0.5, 0.6) is 0 Å². The monoisotopic (exact) mass is 286 g/mol. The molecule has 2 aromatic carbocycles. The van der Waals surface area contributed by atoms with Gasteiger partial charge >= 0.3 is 0 Å². The average Bonchev–Trinajstić information content (AvgIpc) is 2.46. The molecule has 0 spiro atoms. The van der Waals surface area contributed by atoms with E-state index in [1.807, 2.05) is 25.1 Å². The van der Waals surface area contributed by atoms with E-state index in [0.717, 1.165) is 11.3 Å². The molecular formula is C16H15ClN2O. The Kier molecular flexibility index (Phi) is 4.62. The molecule has 2 N–H and O–H groups in total. The van der Waals surface area contributed by atoms with Gasteiger partial charge in [0.2, 0.25) is 0 Å². The van der Waals surface area contributed by atoms with Crippen molar-refractivity contribution in [3.63, 3.8) is 0 Å². The number of benzene rings is 2. The number of aliphatic hydroxyl groups excluding tert-OH is 1. The lowest BCUT2D eigenvalue weighted by molar-refractivity contribution is 0.191. The quantitative estimate of drug-likeness (QED) is 0.902. The van der Waals surface area contributed by atoms with Crippen molar-refractivity contribution in [1.82, 2.24) is 0 Å². The number of nitriles is 1. The molecule has 1 unspecified atom stereocenters. The molecule has 0 saturated heterocycles. The first-order valence-corrected chi connectivity index (χ1v) is 6.66. The van der Waals surface area contributed by atoms with E-state index in [4.69, 9.17) is 16.9 Å². The lowest BCUT2D eigenvalue weighted by atomic mass is 10.1. The second kappa shape index (κ2) is 6.42. The largest absolute Gasteiger partial charge is 0.387 e. The first-order valence-electron chi connectivity index (χ1n) is 6.29. The average molecular weight is 287 g/mol. The minimum Gasteiger partial charge on any atom is -0.387 e. The van der Waals surface area contributed by atoms with Crippen molar-refractivity contribution in [3.05, 3.63) is 64.2 Å². The Bertz CT molecular complexity index is 649. The van der Waals surface area contributed by atoms with Gasteiger partial charge in [-0.05, 0) is 30.7 Å². The number of anilines is 1. The Morgan fingerprint density at radius 1 is 1.30 bits per heavy atom. The van der Waals surface area contributed by atoms with Crippen molar-refractivity contribution in [2.45, 2.75) is 13.0 Å². The molecule has 0 heterocycles. The standard InChI is InChI=1S/C16H15ClN2O/c1-11-6-7-12(9-18)8-15(11)19-10-16(20)13-4-2-3-5-14(13)17/h2-8,16,19-20H,10H2,1H3. The molecule has 0 aromatic heterocycles. The molecule has 2 aromatic rings. The summed E-state index contributed by atoms with van der Waals surface area (Å²) in [5.74, 6) is 0. The minimum atomic E-state index is -0.700. The Hall–Kier alpha value is -2.02.